The molecular formula is C18H19N3O3S. The molecule has 0 atom stereocenters. The van der Waals surface area contributed by atoms with Gasteiger partial charge in [0, 0.05) is 0 Å². The Hall–Kier alpha value is -2.67. The van der Waals surface area contributed by atoms with Crippen LogP contribution in [0.4, 0.5) is 11.5 Å². The molecule has 0 bridgehead atoms. The van der Waals surface area contributed by atoms with Gasteiger partial charge in [0.05, 0.1) is 17.7 Å². The molecule has 0 spiro atoms. The number of rotatable bonds is 6. The third-order valence-electron chi connectivity index (χ3n) is 3.70. The SMILES string of the molecule is CCCOc1ccccc1Nc1nc(C)nc2sc(C(=O)O)c(C)c12. The first kappa shape index (κ1) is 17.2. The van der Waals surface area contributed by atoms with Gasteiger partial charge in [-0.3, -0.25) is 0 Å². The van der Waals surface area contributed by atoms with Crippen LogP contribution in [0.25, 0.3) is 10.2 Å². The maximum Gasteiger partial charge on any atom is 0.346 e. The number of carboxylic acid groups (broad SMARTS) is 1. The molecule has 0 saturated carbocycles. The van der Waals surface area contributed by atoms with Gasteiger partial charge in [-0.2, -0.15) is 0 Å². The maximum absolute atomic E-state index is 11.4. The highest BCUT2D eigenvalue weighted by Gasteiger charge is 2.20. The van der Waals surface area contributed by atoms with Crippen LogP contribution < -0.4 is 10.1 Å². The second-order valence-corrected chi connectivity index (χ2v) is 6.63. The number of para-hydroxylation sites is 2. The third kappa shape index (κ3) is 3.41. The fraction of sp³-hybridized carbons (Fsp3) is 0.278. The van der Waals surface area contributed by atoms with Crippen LogP contribution in [0, 0.1) is 13.8 Å². The Morgan fingerprint density at radius 3 is 2.76 bits per heavy atom. The molecule has 0 unspecified atom stereocenters. The number of thiophene rings is 1. The van der Waals surface area contributed by atoms with Gasteiger partial charge in [-0.15, -0.1) is 11.3 Å². The van der Waals surface area contributed by atoms with Crippen LogP contribution in [0.1, 0.15) is 34.4 Å². The lowest BCUT2D eigenvalue weighted by Crippen LogP contribution is -2.02. The standard InChI is InChI=1S/C18H19N3O3S/c1-4-9-24-13-8-6-5-7-12(13)21-16-14-10(2)15(18(22)23)25-17(14)20-11(3)19-16/h5-8H,4,9H2,1-3H3,(H,22,23)(H,19,20,21). The van der Waals surface area contributed by atoms with E-state index in [2.05, 4.69) is 22.2 Å². The molecule has 2 heterocycles. The number of hydrogen-bond donors (Lipinski definition) is 2. The molecule has 0 radical (unpaired) electrons. The number of nitrogens with one attached hydrogen (secondary N) is 1. The van der Waals surface area contributed by atoms with Gasteiger partial charge in [-0.05, 0) is 38.0 Å². The Balaban J connectivity index is 2.09. The van der Waals surface area contributed by atoms with Crippen molar-refractivity contribution < 1.29 is 14.6 Å². The van der Waals surface area contributed by atoms with E-state index in [9.17, 15) is 9.90 Å². The molecule has 0 amide bonds. The molecule has 0 aliphatic rings. The Labute approximate surface area is 149 Å². The second kappa shape index (κ2) is 7.06. The number of fused-ring (bicyclic) bond motifs is 1. The van der Waals surface area contributed by atoms with E-state index < -0.39 is 5.97 Å². The predicted molar refractivity (Wildman–Crippen MR) is 99.4 cm³/mol. The van der Waals surface area contributed by atoms with Gasteiger partial charge in [0.15, 0.2) is 0 Å². The van der Waals surface area contributed by atoms with Crippen molar-refractivity contribution in [2.75, 3.05) is 11.9 Å². The predicted octanol–water partition coefficient (Wildman–Crippen LogP) is 4.54. The number of ether oxygens (including phenoxy) is 1. The zero-order chi connectivity index (χ0) is 18.0. The van der Waals surface area contributed by atoms with E-state index in [0.29, 0.717) is 28.6 Å². The average molecular weight is 357 g/mol. The van der Waals surface area contributed by atoms with Gasteiger partial charge in [0.2, 0.25) is 0 Å². The van der Waals surface area contributed by atoms with E-state index in [4.69, 9.17) is 4.74 Å². The Bertz CT molecular complexity index is 937. The number of anilines is 2. The number of benzene rings is 1. The molecule has 25 heavy (non-hydrogen) atoms. The lowest BCUT2D eigenvalue weighted by Gasteiger charge is -2.13. The van der Waals surface area contributed by atoms with E-state index in [0.717, 1.165) is 23.2 Å². The summed E-state index contributed by atoms with van der Waals surface area (Å²) in [6.45, 7) is 6.25. The minimum Gasteiger partial charge on any atom is -0.491 e. The van der Waals surface area contributed by atoms with E-state index >= 15 is 0 Å². The first-order valence-corrected chi connectivity index (χ1v) is 8.82. The van der Waals surface area contributed by atoms with Crippen LogP contribution in [0.15, 0.2) is 24.3 Å². The molecule has 6 nitrogen and oxygen atoms in total. The molecular weight excluding hydrogens is 338 g/mol. The highest BCUT2D eigenvalue weighted by atomic mass is 32.1. The van der Waals surface area contributed by atoms with Crippen molar-refractivity contribution in [3.05, 3.63) is 40.5 Å². The molecule has 3 rings (SSSR count). The van der Waals surface area contributed by atoms with Crippen molar-refractivity contribution in [1.82, 2.24) is 9.97 Å². The molecule has 130 valence electrons. The van der Waals surface area contributed by atoms with Gasteiger partial charge in [0.25, 0.3) is 0 Å². The van der Waals surface area contributed by atoms with E-state index in [1.165, 1.54) is 11.3 Å². The quantitative estimate of drug-likeness (QED) is 0.674. The molecule has 1 aromatic carbocycles. The Morgan fingerprint density at radius 1 is 1.28 bits per heavy atom. The van der Waals surface area contributed by atoms with Gasteiger partial charge in [-0.25, -0.2) is 14.8 Å². The Kier molecular flexibility index (Phi) is 4.85. The van der Waals surface area contributed by atoms with Crippen LogP contribution in [-0.2, 0) is 0 Å². The number of aromatic nitrogens is 2. The topological polar surface area (TPSA) is 84.3 Å². The summed E-state index contributed by atoms with van der Waals surface area (Å²) in [6, 6.07) is 7.63. The highest BCUT2D eigenvalue weighted by molar-refractivity contribution is 7.20. The fourth-order valence-corrected chi connectivity index (χ4v) is 3.64. The van der Waals surface area contributed by atoms with Crippen molar-refractivity contribution >= 4 is 39.0 Å². The van der Waals surface area contributed by atoms with Crippen molar-refractivity contribution in [2.24, 2.45) is 0 Å². The molecule has 2 aromatic heterocycles. The summed E-state index contributed by atoms with van der Waals surface area (Å²) in [5.41, 5.74) is 1.46. The second-order valence-electron chi connectivity index (χ2n) is 5.63. The van der Waals surface area contributed by atoms with Gasteiger partial charge >= 0.3 is 5.97 Å². The number of hydrogen-bond acceptors (Lipinski definition) is 6. The van der Waals surface area contributed by atoms with Crippen molar-refractivity contribution in [3.8, 4) is 5.75 Å². The monoisotopic (exact) mass is 357 g/mol. The lowest BCUT2D eigenvalue weighted by molar-refractivity contribution is 0.0701. The van der Waals surface area contributed by atoms with E-state index in [-0.39, 0.29) is 4.88 Å². The minimum absolute atomic E-state index is 0.286. The lowest BCUT2D eigenvalue weighted by atomic mass is 10.2. The Morgan fingerprint density at radius 2 is 2.04 bits per heavy atom. The fourth-order valence-electron chi connectivity index (χ4n) is 2.58. The zero-order valence-corrected chi connectivity index (χ0v) is 15.1. The van der Waals surface area contributed by atoms with Crippen LogP contribution in [0.2, 0.25) is 0 Å². The van der Waals surface area contributed by atoms with Gasteiger partial charge < -0.3 is 15.2 Å². The first-order valence-electron chi connectivity index (χ1n) is 8.01. The minimum atomic E-state index is -0.948. The summed E-state index contributed by atoms with van der Waals surface area (Å²) in [4.78, 5) is 21.3. The summed E-state index contributed by atoms with van der Waals surface area (Å²) < 4.78 is 5.78. The third-order valence-corrected chi connectivity index (χ3v) is 4.87. The number of carboxylic acids is 1. The van der Waals surface area contributed by atoms with Crippen LogP contribution >= 0.6 is 11.3 Å². The molecule has 0 saturated heterocycles. The largest absolute Gasteiger partial charge is 0.491 e. The molecule has 0 fully saturated rings. The van der Waals surface area contributed by atoms with Gasteiger partial charge in [-0.1, -0.05) is 19.1 Å². The van der Waals surface area contributed by atoms with Crippen molar-refractivity contribution in [2.45, 2.75) is 27.2 Å². The van der Waals surface area contributed by atoms with Crippen molar-refractivity contribution in [1.29, 1.82) is 0 Å². The number of carbonyl (C=O) groups is 1. The summed E-state index contributed by atoms with van der Waals surface area (Å²) in [6.07, 6.45) is 0.913. The highest BCUT2D eigenvalue weighted by Crippen LogP contribution is 2.36. The number of aryl methyl sites for hydroxylation is 2. The zero-order valence-electron chi connectivity index (χ0n) is 14.3. The first-order chi connectivity index (χ1) is 12.0. The van der Waals surface area contributed by atoms with Gasteiger partial charge in [0.1, 0.15) is 27.1 Å². The smallest absolute Gasteiger partial charge is 0.346 e. The van der Waals surface area contributed by atoms with E-state index in [1.54, 1.807) is 13.8 Å². The van der Waals surface area contributed by atoms with Crippen molar-refractivity contribution in [3.63, 3.8) is 0 Å². The molecule has 0 aliphatic heterocycles. The number of nitrogens with zero attached hydrogens (tertiary/aromatic N) is 2. The maximum atomic E-state index is 11.4. The summed E-state index contributed by atoms with van der Waals surface area (Å²) in [5.74, 6) is 0.965. The molecule has 0 aliphatic carbocycles. The normalized spacial score (nSPS) is 10.8. The molecule has 7 heteroatoms. The van der Waals surface area contributed by atoms with Crippen LogP contribution in [-0.4, -0.2) is 27.7 Å². The van der Waals surface area contributed by atoms with E-state index in [1.807, 2.05) is 24.3 Å². The number of aromatic carboxylic acids is 1. The summed E-state index contributed by atoms with van der Waals surface area (Å²) in [7, 11) is 0. The molecule has 3 aromatic rings. The van der Waals surface area contributed by atoms with Crippen LogP contribution in [0.5, 0.6) is 5.75 Å². The molecule has 2 N–H and O–H groups in total. The van der Waals surface area contributed by atoms with Crippen LogP contribution in [0.3, 0.4) is 0 Å². The summed E-state index contributed by atoms with van der Waals surface area (Å²) >= 11 is 1.17. The summed E-state index contributed by atoms with van der Waals surface area (Å²) in [5, 5.41) is 13.4. The average Bonchev–Trinajstić information content (AvgIpc) is 2.91.